The van der Waals surface area contributed by atoms with Crippen molar-refractivity contribution in [1.82, 2.24) is 4.90 Å². The highest BCUT2D eigenvalue weighted by molar-refractivity contribution is 7.98. The first-order chi connectivity index (χ1) is 10.2. The molecule has 1 N–H and O–H groups in total. The summed E-state index contributed by atoms with van der Waals surface area (Å²) in [4.78, 5) is 15.4. The van der Waals surface area contributed by atoms with E-state index in [0.717, 1.165) is 23.0 Å². The van der Waals surface area contributed by atoms with Crippen molar-refractivity contribution in [3.8, 4) is 0 Å². The summed E-state index contributed by atoms with van der Waals surface area (Å²) in [6.07, 6.45) is 8.76. The number of benzene rings is 1. The molecule has 1 aliphatic carbocycles. The second-order valence-corrected chi connectivity index (χ2v) is 6.80. The molecule has 0 heterocycles. The number of rotatable bonds is 6. The minimum absolute atomic E-state index is 0.0785. The molecule has 1 fully saturated rings. The highest BCUT2D eigenvalue weighted by Gasteiger charge is 2.17. The smallest absolute Gasteiger partial charge is 0.238 e. The number of hydrogen-bond donors (Lipinski definition) is 1. The first-order valence-electron chi connectivity index (χ1n) is 7.80. The summed E-state index contributed by atoms with van der Waals surface area (Å²) in [5, 5.41) is 3.03. The molecule has 0 aromatic heterocycles. The van der Waals surface area contributed by atoms with Crippen LogP contribution in [0.15, 0.2) is 29.2 Å². The number of amides is 1. The largest absolute Gasteiger partial charge is 0.324 e. The Labute approximate surface area is 132 Å². The van der Waals surface area contributed by atoms with Gasteiger partial charge in [-0.2, -0.15) is 0 Å². The Morgan fingerprint density at radius 1 is 1.29 bits per heavy atom. The molecule has 1 aliphatic rings. The van der Waals surface area contributed by atoms with Crippen molar-refractivity contribution in [2.45, 2.75) is 37.0 Å². The molecule has 0 atom stereocenters. The molecule has 1 aromatic carbocycles. The lowest BCUT2D eigenvalue weighted by Gasteiger charge is -2.26. The molecule has 0 radical (unpaired) electrons. The van der Waals surface area contributed by atoms with Crippen LogP contribution in [0.1, 0.15) is 32.1 Å². The van der Waals surface area contributed by atoms with Gasteiger partial charge in [0.05, 0.1) is 12.2 Å². The quantitative estimate of drug-likeness (QED) is 0.810. The minimum atomic E-state index is 0.0785. The SMILES string of the molecule is CSc1ccccc1NC(=O)CN(C)CC1CCCCC1. The standard InChI is InChI=1S/C17H26N2OS/c1-19(12-14-8-4-3-5-9-14)13-17(20)18-15-10-6-7-11-16(15)21-2/h6-7,10-11,14H,3-5,8-9,12-13H2,1-2H3,(H,18,20). The lowest BCUT2D eigenvalue weighted by Crippen LogP contribution is -2.34. The zero-order valence-corrected chi connectivity index (χ0v) is 13.9. The summed E-state index contributed by atoms with van der Waals surface area (Å²) in [5.41, 5.74) is 0.918. The number of nitrogens with one attached hydrogen (secondary N) is 1. The number of likely N-dealkylation sites (N-methyl/N-ethyl adjacent to an activating group) is 1. The topological polar surface area (TPSA) is 32.3 Å². The van der Waals surface area contributed by atoms with Gasteiger partial charge in [-0.05, 0) is 44.2 Å². The maximum absolute atomic E-state index is 12.2. The molecular weight excluding hydrogens is 280 g/mol. The van der Waals surface area contributed by atoms with E-state index >= 15 is 0 Å². The normalized spacial score (nSPS) is 16.1. The maximum atomic E-state index is 12.2. The molecule has 3 nitrogen and oxygen atoms in total. The summed E-state index contributed by atoms with van der Waals surface area (Å²) >= 11 is 1.66. The number of para-hydroxylation sites is 1. The van der Waals surface area contributed by atoms with Crippen LogP contribution < -0.4 is 5.32 Å². The Kier molecular flexibility index (Phi) is 6.58. The number of carbonyl (C=O) groups is 1. The predicted octanol–water partition coefficient (Wildman–Crippen LogP) is 3.86. The highest BCUT2D eigenvalue weighted by atomic mass is 32.2. The molecule has 2 rings (SSSR count). The van der Waals surface area contributed by atoms with E-state index in [2.05, 4.69) is 17.3 Å². The number of nitrogens with zero attached hydrogens (tertiary/aromatic N) is 1. The number of thioether (sulfide) groups is 1. The predicted molar refractivity (Wildman–Crippen MR) is 90.9 cm³/mol. The van der Waals surface area contributed by atoms with Gasteiger partial charge in [0.2, 0.25) is 5.91 Å². The summed E-state index contributed by atoms with van der Waals surface area (Å²) in [6, 6.07) is 7.95. The summed E-state index contributed by atoms with van der Waals surface area (Å²) in [7, 11) is 2.05. The Morgan fingerprint density at radius 2 is 2.00 bits per heavy atom. The molecule has 0 aliphatic heterocycles. The van der Waals surface area contributed by atoms with Crippen LogP contribution >= 0.6 is 11.8 Å². The van der Waals surface area contributed by atoms with Crippen LogP contribution in [0, 0.1) is 5.92 Å². The Balaban J connectivity index is 1.80. The number of anilines is 1. The van der Waals surface area contributed by atoms with Gasteiger partial charge in [-0.15, -0.1) is 11.8 Å². The molecule has 0 spiro atoms. The fourth-order valence-electron chi connectivity index (χ4n) is 3.06. The molecule has 116 valence electrons. The lowest BCUT2D eigenvalue weighted by atomic mass is 9.89. The fourth-order valence-corrected chi connectivity index (χ4v) is 3.61. The minimum Gasteiger partial charge on any atom is -0.324 e. The fraction of sp³-hybridized carbons (Fsp3) is 0.588. The summed E-state index contributed by atoms with van der Waals surface area (Å²) < 4.78 is 0. The third-order valence-electron chi connectivity index (χ3n) is 4.09. The van der Waals surface area contributed by atoms with Crippen LogP contribution in [0.4, 0.5) is 5.69 Å². The van der Waals surface area contributed by atoms with E-state index in [1.54, 1.807) is 11.8 Å². The van der Waals surface area contributed by atoms with Crippen molar-refractivity contribution in [1.29, 1.82) is 0 Å². The number of carbonyl (C=O) groups excluding carboxylic acids is 1. The Bertz CT molecular complexity index is 458. The molecule has 4 heteroatoms. The van der Waals surface area contributed by atoms with E-state index in [4.69, 9.17) is 0 Å². The molecule has 0 unspecified atom stereocenters. The molecule has 21 heavy (non-hydrogen) atoms. The third-order valence-corrected chi connectivity index (χ3v) is 4.89. The Hall–Kier alpha value is -1.00. The van der Waals surface area contributed by atoms with Crippen LogP contribution in [-0.4, -0.2) is 37.2 Å². The molecule has 0 bridgehead atoms. The van der Waals surface area contributed by atoms with Gasteiger partial charge in [0.15, 0.2) is 0 Å². The highest BCUT2D eigenvalue weighted by Crippen LogP contribution is 2.25. The van der Waals surface area contributed by atoms with Gasteiger partial charge in [-0.1, -0.05) is 31.4 Å². The zero-order valence-electron chi connectivity index (χ0n) is 13.1. The van der Waals surface area contributed by atoms with Crippen LogP contribution in [0.25, 0.3) is 0 Å². The van der Waals surface area contributed by atoms with Crippen molar-refractivity contribution in [3.63, 3.8) is 0 Å². The van der Waals surface area contributed by atoms with Gasteiger partial charge in [0.25, 0.3) is 0 Å². The van der Waals surface area contributed by atoms with Gasteiger partial charge in [-0.3, -0.25) is 9.69 Å². The van der Waals surface area contributed by atoms with E-state index in [1.165, 1.54) is 32.1 Å². The van der Waals surface area contributed by atoms with Crippen molar-refractivity contribution in [2.75, 3.05) is 31.7 Å². The van der Waals surface area contributed by atoms with Gasteiger partial charge < -0.3 is 5.32 Å². The van der Waals surface area contributed by atoms with E-state index in [9.17, 15) is 4.79 Å². The second kappa shape index (κ2) is 8.44. The Morgan fingerprint density at radius 3 is 2.71 bits per heavy atom. The first kappa shape index (κ1) is 16.4. The molecule has 1 saturated carbocycles. The van der Waals surface area contributed by atoms with E-state index < -0.39 is 0 Å². The first-order valence-corrected chi connectivity index (χ1v) is 9.03. The monoisotopic (exact) mass is 306 g/mol. The van der Waals surface area contributed by atoms with Crippen LogP contribution in [0.2, 0.25) is 0 Å². The summed E-state index contributed by atoms with van der Waals surface area (Å²) in [6.45, 7) is 1.51. The van der Waals surface area contributed by atoms with Crippen LogP contribution in [-0.2, 0) is 4.79 Å². The second-order valence-electron chi connectivity index (χ2n) is 5.95. The number of hydrogen-bond acceptors (Lipinski definition) is 3. The van der Waals surface area contributed by atoms with E-state index in [0.29, 0.717) is 6.54 Å². The summed E-state index contributed by atoms with van der Waals surface area (Å²) in [5.74, 6) is 0.852. The maximum Gasteiger partial charge on any atom is 0.238 e. The van der Waals surface area contributed by atoms with Crippen molar-refractivity contribution in [3.05, 3.63) is 24.3 Å². The molecule has 1 amide bonds. The van der Waals surface area contributed by atoms with Crippen molar-refractivity contribution >= 4 is 23.4 Å². The molecular formula is C17H26N2OS. The van der Waals surface area contributed by atoms with Crippen molar-refractivity contribution in [2.24, 2.45) is 5.92 Å². The average molecular weight is 306 g/mol. The third kappa shape index (κ3) is 5.36. The lowest BCUT2D eigenvalue weighted by molar-refractivity contribution is -0.117. The van der Waals surface area contributed by atoms with Crippen LogP contribution in [0.3, 0.4) is 0 Å². The molecule has 0 saturated heterocycles. The van der Waals surface area contributed by atoms with E-state index in [-0.39, 0.29) is 5.91 Å². The van der Waals surface area contributed by atoms with Crippen molar-refractivity contribution < 1.29 is 4.79 Å². The van der Waals surface area contributed by atoms with Gasteiger partial charge in [0.1, 0.15) is 0 Å². The average Bonchev–Trinajstić information content (AvgIpc) is 2.48. The zero-order chi connectivity index (χ0) is 15.1. The molecule has 1 aromatic rings. The van der Waals surface area contributed by atoms with Gasteiger partial charge >= 0.3 is 0 Å². The van der Waals surface area contributed by atoms with E-state index in [1.807, 2.05) is 30.5 Å². The van der Waals surface area contributed by atoms with Crippen LogP contribution in [0.5, 0.6) is 0 Å². The van der Waals surface area contributed by atoms with Gasteiger partial charge in [0, 0.05) is 11.4 Å². The van der Waals surface area contributed by atoms with Gasteiger partial charge in [-0.25, -0.2) is 0 Å².